The summed E-state index contributed by atoms with van der Waals surface area (Å²) in [4.78, 5) is 35.5. The van der Waals surface area contributed by atoms with E-state index in [9.17, 15) is 14.4 Å². The van der Waals surface area contributed by atoms with Crippen molar-refractivity contribution in [1.29, 1.82) is 0 Å². The first-order chi connectivity index (χ1) is 15.5. The lowest BCUT2D eigenvalue weighted by atomic mass is 9.68. The van der Waals surface area contributed by atoms with Crippen LogP contribution in [0.2, 0.25) is 0 Å². The summed E-state index contributed by atoms with van der Waals surface area (Å²) in [5.41, 5.74) is 3.96. The largest absolute Gasteiger partial charge is 0.478 e. The molecular weight excluding hydrogens is 408 g/mol. The Hall–Kier alpha value is -3.61. The summed E-state index contributed by atoms with van der Waals surface area (Å²) < 4.78 is 5.55. The summed E-state index contributed by atoms with van der Waals surface area (Å²) >= 11 is 0. The van der Waals surface area contributed by atoms with E-state index in [-0.39, 0.29) is 31.5 Å². The van der Waals surface area contributed by atoms with Crippen molar-refractivity contribution in [3.05, 3.63) is 71.8 Å². The van der Waals surface area contributed by atoms with Crippen molar-refractivity contribution >= 4 is 18.0 Å². The molecule has 0 saturated heterocycles. The van der Waals surface area contributed by atoms with Gasteiger partial charge in [0.05, 0.1) is 5.41 Å². The van der Waals surface area contributed by atoms with Crippen LogP contribution in [0.4, 0.5) is 4.79 Å². The number of carboxylic acids is 1. The Morgan fingerprint density at radius 3 is 2.19 bits per heavy atom. The van der Waals surface area contributed by atoms with E-state index in [4.69, 9.17) is 9.84 Å². The first-order valence-corrected chi connectivity index (χ1v) is 10.8. The minimum atomic E-state index is -1.06. The van der Waals surface area contributed by atoms with Gasteiger partial charge >= 0.3 is 12.1 Å². The molecule has 0 bridgehead atoms. The number of carbonyl (C=O) groups is 3. The predicted octanol–water partition coefficient (Wildman–Crippen LogP) is 3.45. The predicted molar refractivity (Wildman–Crippen MR) is 119 cm³/mol. The van der Waals surface area contributed by atoms with E-state index < -0.39 is 17.5 Å². The minimum Gasteiger partial charge on any atom is -0.478 e. The van der Waals surface area contributed by atoms with Gasteiger partial charge in [0, 0.05) is 25.1 Å². The highest BCUT2D eigenvalue weighted by Gasteiger charge is 2.44. The number of hydrogen-bond acceptors (Lipinski definition) is 4. The van der Waals surface area contributed by atoms with Crippen LogP contribution < -0.4 is 10.6 Å². The number of carboxylic acid groups (broad SMARTS) is 1. The lowest BCUT2D eigenvalue weighted by Crippen LogP contribution is -2.52. The maximum Gasteiger partial charge on any atom is 0.407 e. The number of nitrogens with one attached hydrogen (secondary N) is 2. The quantitative estimate of drug-likeness (QED) is 0.552. The monoisotopic (exact) mass is 434 g/mol. The molecule has 0 spiro atoms. The van der Waals surface area contributed by atoms with Crippen molar-refractivity contribution in [2.75, 3.05) is 19.7 Å². The van der Waals surface area contributed by atoms with Gasteiger partial charge in [0.1, 0.15) is 6.61 Å². The van der Waals surface area contributed by atoms with Crippen LogP contribution in [-0.2, 0) is 14.3 Å². The van der Waals surface area contributed by atoms with E-state index in [2.05, 4.69) is 34.9 Å². The van der Waals surface area contributed by atoms with Crippen LogP contribution in [0.25, 0.3) is 11.1 Å². The minimum absolute atomic E-state index is 0.0184. The zero-order valence-corrected chi connectivity index (χ0v) is 17.7. The second-order valence-electron chi connectivity index (χ2n) is 8.26. The topological polar surface area (TPSA) is 105 Å². The fourth-order valence-corrected chi connectivity index (χ4v) is 4.48. The van der Waals surface area contributed by atoms with Crippen molar-refractivity contribution in [3.63, 3.8) is 0 Å². The normalized spacial score (nSPS) is 16.0. The standard InChI is InChI=1S/C25H26N2O5/c28-22(29)11-5-14-26-23(30)25(12-6-13-25)16-27-24(31)32-15-21-19-9-3-1-7-17(19)18-8-2-4-10-20(18)21/h1-5,7-11,21H,6,12-16H2,(H,26,30)(H,27,31)(H,28,29)/b11-5+. The molecule has 0 unspecified atom stereocenters. The Labute approximate surface area is 186 Å². The van der Waals surface area contributed by atoms with Crippen LogP contribution in [0, 0.1) is 5.41 Å². The molecule has 4 rings (SSSR count). The van der Waals surface area contributed by atoms with Gasteiger partial charge in [-0.2, -0.15) is 0 Å². The average molecular weight is 434 g/mol. The zero-order valence-electron chi connectivity index (χ0n) is 17.7. The molecule has 2 aliphatic carbocycles. The third-order valence-corrected chi connectivity index (χ3v) is 6.35. The fraction of sp³-hybridized carbons (Fsp3) is 0.320. The van der Waals surface area contributed by atoms with Crippen LogP contribution in [0.5, 0.6) is 0 Å². The van der Waals surface area contributed by atoms with Gasteiger partial charge in [-0.25, -0.2) is 9.59 Å². The van der Waals surface area contributed by atoms with E-state index >= 15 is 0 Å². The lowest BCUT2D eigenvalue weighted by molar-refractivity contribution is -0.135. The molecule has 0 heterocycles. The number of benzene rings is 2. The Kier molecular flexibility index (Phi) is 6.25. The SMILES string of the molecule is O=C(O)/C=C/CNC(=O)C1(CNC(=O)OCC2c3ccccc3-c3ccccc32)CCC1. The number of amides is 2. The van der Waals surface area contributed by atoms with E-state index in [0.29, 0.717) is 12.8 Å². The first kappa shape index (κ1) is 21.6. The third kappa shape index (κ3) is 4.37. The molecule has 0 atom stereocenters. The van der Waals surface area contributed by atoms with Crippen molar-refractivity contribution < 1.29 is 24.2 Å². The number of aliphatic carboxylic acids is 1. The van der Waals surface area contributed by atoms with Crippen LogP contribution in [0.15, 0.2) is 60.7 Å². The van der Waals surface area contributed by atoms with E-state index in [1.807, 2.05) is 24.3 Å². The molecule has 2 aliphatic rings. The molecule has 2 amide bonds. The Balaban J connectivity index is 1.32. The lowest BCUT2D eigenvalue weighted by Gasteiger charge is -2.40. The molecule has 3 N–H and O–H groups in total. The number of ether oxygens (including phenoxy) is 1. The Bertz CT molecular complexity index is 1010. The van der Waals surface area contributed by atoms with Crippen molar-refractivity contribution in [1.82, 2.24) is 10.6 Å². The molecule has 2 aromatic rings. The number of fused-ring (bicyclic) bond motifs is 3. The number of carbonyl (C=O) groups excluding carboxylic acids is 2. The molecule has 1 saturated carbocycles. The van der Waals surface area contributed by atoms with Crippen LogP contribution in [0.3, 0.4) is 0 Å². The Morgan fingerprint density at radius 2 is 1.62 bits per heavy atom. The van der Waals surface area contributed by atoms with E-state index in [0.717, 1.165) is 23.6 Å². The van der Waals surface area contributed by atoms with Crippen molar-refractivity contribution in [3.8, 4) is 11.1 Å². The second kappa shape index (κ2) is 9.26. The van der Waals surface area contributed by atoms with Gasteiger partial charge in [-0.15, -0.1) is 0 Å². The fourth-order valence-electron chi connectivity index (χ4n) is 4.48. The van der Waals surface area contributed by atoms with E-state index in [1.54, 1.807) is 0 Å². The zero-order chi connectivity index (χ0) is 22.6. The highest BCUT2D eigenvalue weighted by atomic mass is 16.5. The Morgan fingerprint density at radius 1 is 1.00 bits per heavy atom. The highest BCUT2D eigenvalue weighted by Crippen LogP contribution is 2.44. The number of hydrogen-bond donors (Lipinski definition) is 3. The molecule has 0 aromatic heterocycles. The molecule has 166 valence electrons. The summed E-state index contributed by atoms with van der Waals surface area (Å²) in [6.07, 6.45) is 4.08. The number of alkyl carbamates (subject to hydrolysis) is 1. The second-order valence-corrected chi connectivity index (χ2v) is 8.26. The maximum atomic E-state index is 12.6. The summed E-state index contributed by atoms with van der Waals surface area (Å²) in [6, 6.07) is 16.3. The van der Waals surface area contributed by atoms with Crippen LogP contribution >= 0.6 is 0 Å². The molecule has 2 aromatic carbocycles. The van der Waals surface area contributed by atoms with Gasteiger partial charge in [-0.05, 0) is 35.1 Å². The van der Waals surface area contributed by atoms with Crippen molar-refractivity contribution in [2.45, 2.75) is 25.2 Å². The van der Waals surface area contributed by atoms with Gasteiger partial charge in [0.2, 0.25) is 5.91 Å². The molecule has 7 nitrogen and oxygen atoms in total. The average Bonchev–Trinajstić information content (AvgIpc) is 3.08. The maximum absolute atomic E-state index is 12.6. The van der Waals surface area contributed by atoms with E-state index in [1.165, 1.54) is 17.2 Å². The molecule has 1 fully saturated rings. The molecule has 32 heavy (non-hydrogen) atoms. The van der Waals surface area contributed by atoms with Crippen LogP contribution in [0.1, 0.15) is 36.3 Å². The van der Waals surface area contributed by atoms with Gasteiger partial charge in [-0.1, -0.05) is 61.0 Å². The summed E-state index contributed by atoms with van der Waals surface area (Å²) in [6.45, 7) is 0.551. The summed E-state index contributed by atoms with van der Waals surface area (Å²) in [5.74, 6) is -1.26. The molecule has 0 radical (unpaired) electrons. The van der Waals surface area contributed by atoms with Gasteiger partial charge in [0.15, 0.2) is 0 Å². The van der Waals surface area contributed by atoms with Gasteiger partial charge in [0.25, 0.3) is 0 Å². The molecule has 7 heteroatoms. The summed E-state index contributed by atoms with van der Waals surface area (Å²) in [7, 11) is 0. The third-order valence-electron chi connectivity index (χ3n) is 6.35. The molecular formula is C25H26N2O5. The molecule has 0 aliphatic heterocycles. The van der Waals surface area contributed by atoms with Gasteiger partial charge in [-0.3, -0.25) is 4.79 Å². The first-order valence-electron chi connectivity index (χ1n) is 10.8. The summed E-state index contributed by atoms with van der Waals surface area (Å²) in [5, 5.41) is 14.1. The van der Waals surface area contributed by atoms with Gasteiger partial charge < -0.3 is 20.5 Å². The van der Waals surface area contributed by atoms with Crippen LogP contribution in [-0.4, -0.2) is 42.8 Å². The van der Waals surface area contributed by atoms with Crippen molar-refractivity contribution in [2.24, 2.45) is 5.41 Å². The number of rotatable bonds is 8. The smallest absolute Gasteiger partial charge is 0.407 e. The highest BCUT2D eigenvalue weighted by molar-refractivity contribution is 5.85.